The maximum atomic E-state index is 12.4. The Morgan fingerprint density at radius 3 is 2.59 bits per heavy atom. The van der Waals surface area contributed by atoms with Crippen LogP contribution in [0.5, 0.6) is 0 Å². The SMILES string of the molecule is CC(C)N1CCNC(=O)C1CC(=O)NCc1ccc(N2CCOCC2)cc1. The molecule has 2 amide bonds. The zero-order valence-electron chi connectivity index (χ0n) is 16.2. The minimum absolute atomic E-state index is 0.0556. The summed E-state index contributed by atoms with van der Waals surface area (Å²) in [7, 11) is 0. The minimum atomic E-state index is -0.387. The molecule has 0 bridgehead atoms. The van der Waals surface area contributed by atoms with Gasteiger partial charge in [-0.05, 0) is 31.5 Å². The van der Waals surface area contributed by atoms with Gasteiger partial charge >= 0.3 is 0 Å². The number of ether oxygens (including phenoxy) is 1. The molecule has 0 aromatic heterocycles. The summed E-state index contributed by atoms with van der Waals surface area (Å²) in [5.74, 6) is -0.153. The number of hydrogen-bond acceptors (Lipinski definition) is 5. The third-order valence-electron chi connectivity index (χ3n) is 5.22. The molecule has 0 spiro atoms. The number of amides is 2. The molecule has 0 saturated carbocycles. The Kier molecular flexibility index (Phi) is 6.68. The molecule has 2 aliphatic rings. The molecule has 27 heavy (non-hydrogen) atoms. The normalized spacial score (nSPS) is 21.2. The first-order valence-electron chi connectivity index (χ1n) is 9.76. The molecule has 148 valence electrons. The highest BCUT2D eigenvalue weighted by atomic mass is 16.5. The Morgan fingerprint density at radius 1 is 1.22 bits per heavy atom. The number of hydrogen-bond donors (Lipinski definition) is 2. The molecule has 1 aromatic carbocycles. The van der Waals surface area contributed by atoms with Crippen molar-refractivity contribution in [2.45, 2.75) is 38.9 Å². The zero-order chi connectivity index (χ0) is 19.2. The van der Waals surface area contributed by atoms with Crippen LogP contribution in [0.1, 0.15) is 25.8 Å². The largest absolute Gasteiger partial charge is 0.378 e. The second-order valence-electron chi connectivity index (χ2n) is 7.39. The Bertz CT molecular complexity index is 641. The quantitative estimate of drug-likeness (QED) is 0.768. The van der Waals surface area contributed by atoms with E-state index in [2.05, 4.69) is 46.4 Å². The summed E-state index contributed by atoms with van der Waals surface area (Å²) in [6, 6.07) is 8.10. The van der Waals surface area contributed by atoms with Crippen LogP contribution in [-0.2, 0) is 20.9 Å². The van der Waals surface area contributed by atoms with Gasteiger partial charge in [-0.3, -0.25) is 14.5 Å². The second-order valence-corrected chi connectivity index (χ2v) is 7.39. The fourth-order valence-electron chi connectivity index (χ4n) is 3.66. The van der Waals surface area contributed by atoms with Gasteiger partial charge in [0.05, 0.1) is 25.7 Å². The lowest BCUT2D eigenvalue weighted by Gasteiger charge is -2.37. The Hall–Kier alpha value is -2.12. The number of piperazine rings is 1. The maximum absolute atomic E-state index is 12.4. The molecule has 1 aromatic rings. The highest BCUT2D eigenvalue weighted by Gasteiger charge is 2.32. The first kappa shape index (κ1) is 19.6. The van der Waals surface area contributed by atoms with Gasteiger partial charge in [0.15, 0.2) is 0 Å². The molecule has 7 heteroatoms. The van der Waals surface area contributed by atoms with Gasteiger partial charge in [-0.1, -0.05) is 12.1 Å². The lowest BCUT2D eigenvalue weighted by atomic mass is 10.1. The van der Waals surface area contributed by atoms with Crippen LogP contribution in [0.25, 0.3) is 0 Å². The van der Waals surface area contributed by atoms with Crippen molar-refractivity contribution in [3.05, 3.63) is 29.8 Å². The third kappa shape index (κ3) is 5.20. The maximum Gasteiger partial charge on any atom is 0.237 e. The molecule has 0 aliphatic carbocycles. The lowest BCUT2D eigenvalue weighted by molar-refractivity contribution is -0.134. The molecule has 7 nitrogen and oxygen atoms in total. The number of benzene rings is 1. The average Bonchev–Trinajstić information content (AvgIpc) is 2.69. The molecule has 0 radical (unpaired) electrons. The van der Waals surface area contributed by atoms with Gasteiger partial charge in [0.1, 0.15) is 0 Å². The van der Waals surface area contributed by atoms with Crippen LogP contribution in [0, 0.1) is 0 Å². The fraction of sp³-hybridized carbons (Fsp3) is 0.600. The fourth-order valence-corrected chi connectivity index (χ4v) is 3.66. The summed E-state index contributed by atoms with van der Waals surface area (Å²) in [6.45, 7) is 9.35. The highest BCUT2D eigenvalue weighted by molar-refractivity contribution is 5.88. The van der Waals surface area contributed by atoms with Crippen molar-refractivity contribution in [2.24, 2.45) is 0 Å². The van der Waals surface area contributed by atoms with Gasteiger partial charge < -0.3 is 20.3 Å². The van der Waals surface area contributed by atoms with E-state index in [-0.39, 0.29) is 30.3 Å². The lowest BCUT2D eigenvalue weighted by Crippen LogP contribution is -2.58. The molecular weight excluding hydrogens is 344 g/mol. The van der Waals surface area contributed by atoms with E-state index >= 15 is 0 Å². The number of anilines is 1. The number of morpholine rings is 1. The molecule has 2 saturated heterocycles. The summed E-state index contributed by atoms with van der Waals surface area (Å²) in [4.78, 5) is 28.9. The van der Waals surface area contributed by atoms with E-state index in [0.717, 1.165) is 38.4 Å². The smallest absolute Gasteiger partial charge is 0.237 e. The number of nitrogens with one attached hydrogen (secondary N) is 2. The molecule has 2 heterocycles. The van der Waals surface area contributed by atoms with Gasteiger partial charge in [-0.25, -0.2) is 0 Å². The van der Waals surface area contributed by atoms with Crippen molar-refractivity contribution >= 4 is 17.5 Å². The van der Waals surface area contributed by atoms with E-state index in [0.29, 0.717) is 13.1 Å². The summed E-state index contributed by atoms with van der Waals surface area (Å²) in [6.07, 6.45) is 0.190. The van der Waals surface area contributed by atoms with Crippen molar-refractivity contribution in [1.29, 1.82) is 0 Å². The van der Waals surface area contributed by atoms with Crippen LogP contribution in [-0.4, -0.2) is 68.2 Å². The summed E-state index contributed by atoms with van der Waals surface area (Å²) in [5, 5.41) is 5.81. The van der Waals surface area contributed by atoms with Gasteiger partial charge in [0.2, 0.25) is 11.8 Å². The predicted octanol–water partition coefficient (Wildman–Crippen LogP) is 0.738. The zero-order valence-corrected chi connectivity index (χ0v) is 16.2. The van der Waals surface area contributed by atoms with E-state index in [9.17, 15) is 9.59 Å². The Morgan fingerprint density at radius 2 is 1.93 bits per heavy atom. The average molecular weight is 374 g/mol. The van der Waals surface area contributed by atoms with Crippen molar-refractivity contribution in [2.75, 3.05) is 44.3 Å². The van der Waals surface area contributed by atoms with E-state index in [1.165, 1.54) is 5.69 Å². The topological polar surface area (TPSA) is 73.9 Å². The van der Waals surface area contributed by atoms with Crippen LogP contribution in [0.2, 0.25) is 0 Å². The monoisotopic (exact) mass is 374 g/mol. The van der Waals surface area contributed by atoms with E-state index in [1.54, 1.807) is 0 Å². The molecule has 3 rings (SSSR count). The van der Waals surface area contributed by atoms with Crippen LogP contribution >= 0.6 is 0 Å². The molecule has 1 atom stereocenters. The second kappa shape index (κ2) is 9.19. The molecule has 1 unspecified atom stereocenters. The number of carbonyl (C=O) groups is 2. The standard InChI is InChI=1S/C20H30N4O3/c1-15(2)24-8-7-21-20(26)18(24)13-19(25)22-14-16-3-5-17(6-4-16)23-9-11-27-12-10-23/h3-6,15,18H,7-14H2,1-2H3,(H,21,26)(H,22,25). The van der Waals surface area contributed by atoms with Crippen LogP contribution < -0.4 is 15.5 Å². The number of carbonyl (C=O) groups excluding carboxylic acids is 2. The summed E-state index contributed by atoms with van der Waals surface area (Å²) in [5.41, 5.74) is 2.23. The van der Waals surface area contributed by atoms with E-state index in [4.69, 9.17) is 4.74 Å². The van der Waals surface area contributed by atoms with E-state index < -0.39 is 0 Å². The first-order chi connectivity index (χ1) is 13.0. The first-order valence-corrected chi connectivity index (χ1v) is 9.76. The molecule has 2 N–H and O–H groups in total. The predicted molar refractivity (Wildman–Crippen MR) is 105 cm³/mol. The van der Waals surface area contributed by atoms with Gasteiger partial charge in [0.25, 0.3) is 0 Å². The third-order valence-corrected chi connectivity index (χ3v) is 5.22. The Balaban J connectivity index is 1.50. The minimum Gasteiger partial charge on any atom is -0.378 e. The van der Waals surface area contributed by atoms with Crippen LogP contribution in [0.3, 0.4) is 0 Å². The van der Waals surface area contributed by atoms with Gasteiger partial charge in [0, 0.05) is 44.5 Å². The van der Waals surface area contributed by atoms with Gasteiger partial charge in [-0.15, -0.1) is 0 Å². The van der Waals surface area contributed by atoms with Crippen LogP contribution in [0.4, 0.5) is 5.69 Å². The number of rotatable bonds is 6. The van der Waals surface area contributed by atoms with Crippen molar-refractivity contribution < 1.29 is 14.3 Å². The summed E-state index contributed by atoms with van der Waals surface area (Å²) >= 11 is 0. The van der Waals surface area contributed by atoms with Crippen molar-refractivity contribution in [1.82, 2.24) is 15.5 Å². The Labute approximate surface area is 161 Å². The molecular formula is C20H30N4O3. The van der Waals surface area contributed by atoms with Crippen molar-refractivity contribution in [3.8, 4) is 0 Å². The highest BCUT2D eigenvalue weighted by Crippen LogP contribution is 2.17. The summed E-state index contributed by atoms with van der Waals surface area (Å²) < 4.78 is 5.38. The van der Waals surface area contributed by atoms with Crippen molar-refractivity contribution in [3.63, 3.8) is 0 Å². The van der Waals surface area contributed by atoms with Crippen LogP contribution in [0.15, 0.2) is 24.3 Å². The molecule has 2 fully saturated rings. The van der Waals surface area contributed by atoms with E-state index in [1.807, 2.05) is 12.1 Å². The van der Waals surface area contributed by atoms with Gasteiger partial charge in [-0.2, -0.15) is 0 Å². The molecule has 2 aliphatic heterocycles. The number of nitrogens with zero attached hydrogens (tertiary/aromatic N) is 2.